The van der Waals surface area contributed by atoms with Crippen molar-refractivity contribution in [1.82, 2.24) is 0 Å². The van der Waals surface area contributed by atoms with Crippen LogP contribution in [0.3, 0.4) is 0 Å². The van der Waals surface area contributed by atoms with Crippen molar-refractivity contribution in [2.75, 3.05) is 12.3 Å². The number of anilines is 1. The highest BCUT2D eigenvalue weighted by atomic mass is 32.2. The van der Waals surface area contributed by atoms with Crippen LogP contribution in [-0.2, 0) is 0 Å². The zero-order valence-electron chi connectivity index (χ0n) is 11.8. The van der Waals surface area contributed by atoms with Crippen LogP contribution in [0.15, 0.2) is 39.6 Å². The van der Waals surface area contributed by atoms with Gasteiger partial charge in [0.1, 0.15) is 11.5 Å². The van der Waals surface area contributed by atoms with Gasteiger partial charge in [-0.3, -0.25) is 0 Å². The van der Waals surface area contributed by atoms with E-state index in [1.807, 2.05) is 26.0 Å². The Labute approximate surface area is 127 Å². The molecule has 0 radical (unpaired) electrons. The van der Waals surface area contributed by atoms with Gasteiger partial charge in [0.05, 0.1) is 11.9 Å². The Morgan fingerprint density at radius 3 is 2.81 bits per heavy atom. The quantitative estimate of drug-likeness (QED) is 0.623. The lowest BCUT2D eigenvalue weighted by molar-refractivity contribution is 0.0660. The van der Waals surface area contributed by atoms with Gasteiger partial charge in [-0.05, 0) is 44.2 Å². The number of aromatic carboxylic acids is 1. The largest absolute Gasteiger partial charge is 0.494 e. The molecule has 0 aliphatic carbocycles. The van der Waals surface area contributed by atoms with E-state index in [4.69, 9.17) is 20.0 Å². The van der Waals surface area contributed by atoms with Crippen LogP contribution in [0.4, 0.5) is 5.69 Å². The molecule has 2 rings (SSSR count). The van der Waals surface area contributed by atoms with Crippen LogP contribution in [0.5, 0.6) is 5.75 Å². The minimum Gasteiger partial charge on any atom is -0.494 e. The number of nitrogen functional groups attached to an aromatic ring is 1. The summed E-state index contributed by atoms with van der Waals surface area (Å²) in [5.41, 5.74) is 6.62. The molecular formula is C15H17NO4S. The zero-order valence-corrected chi connectivity index (χ0v) is 12.6. The summed E-state index contributed by atoms with van der Waals surface area (Å²) in [7, 11) is 0. The summed E-state index contributed by atoms with van der Waals surface area (Å²) in [5, 5.41) is 8.81. The fraction of sp³-hybridized carbons (Fsp3) is 0.267. The lowest BCUT2D eigenvalue weighted by Gasteiger charge is -2.12. The van der Waals surface area contributed by atoms with Crippen molar-refractivity contribution in [2.45, 2.75) is 24.0 Å². The summed E-state index contributed by atoms with van der Waals surface area (Å²) in [6, 6.07) is 8.62. The standard InChI is InChI=1S/C15H17NO4S/c1-3-19-10-4-5-11(16)14(8-10)21-9(2)12-6-7-13(20-12)15(17)18/h4-9H,3,16H2,1-2H3,(H,17,18). The first kappa shape index (κ1) is 15.3. The predicted octanol–water partition coefficient (Wildman–Crippen LogP) is 3.81. The molecule has 1 aromatic heterocycles. The highest BCUT2D eigenvalue weighted by molar-refractivity contribution is 7.99. The second-order valence-electron chi connectivity index (χ2n) is 4.40. The second kappa shape index (κ2) is 6.58. The number of furan rings is 1. The van der Waals surface area contributed by atoms with Crippen molar-refractivity contribution in [2.24, 2.45) is 0 Å². The molecule has 2 aromatic rings. The van der Waals surface area contributed by atoms with Gasteiger partial charge in [0, 0.05) is 10.6 Å². The fourth-order valence-electron chi connectivity index (χ4n) is 1.81. The summed E-state index contributed by atoms with van der Waals surface area (Å²) in [6.07, 6.45) is 0. The van der Waals surface area contributed by atoms with Crippen LogP contribution in [0.1, 0.15) is 35.4 Å². The minimum absolute atomic E-state index is 0.0581. The van der Waals surface area contributed by atoms with E-state index in [9.17, 15) is 4.79 Å². The summed E-state index contributed by atoms with van der Waals surface area (Å²) in [4.78, 5) is 11.7. The second-order valence-corrected chi connectivity index (χ2v) is 5.78. The SMILES string of the molecule is CCOc1ccc(N)c(SC(C)c2ccc(C(=O)O)o2)c1. The lowest BCUT2D eigenvalue weighted by atomic mass is 10.3. The molecular weight excluding hydrogens is 290 g/mol. The molecule has 3 N–H and O–H groups in total. The molecule has 0 aliphatic rings. The Morgan fingerprint density at radius 2 is 2.19 bits per heavy atom. The number of hydrogen-bond donors (Lipinski definition) is 2. The summed E-state index contributed by atoms with van der Waals surface area (Å²) >= 11 is 1.50. The minimum atomic E-state index is -1.07. The summed E-state index contributed by atoms with van der Waals surface area (Å²) < 4.78 is 10.8. The Balaban J connectivity index is 2.16. The molecule has 0 aliphatic heterocycles. The predicted molar refractivity (Wildman–Crippen MR) is 82.0 cm³/mol. The van der Waals surface area contributed by atoms with Crippen molar-refractivity contribution < 1.29 is 19.1 Å². The van der Waals surface area contributed by atoms with Crippen LogP contribution in [-0.4, -0.2) is 17.7 Å². The molecule has 0 fully saturated rings. The Hall–Kier alpha value is -2.08. The zero-order chi connectivity index (χ0) is 15.4. The average molecular weight is 307 g/mol. The molecule has 1 heterocycles. The van der Waals surface area contributed by atoms with Crippen molar-refractivity contribution in [3.8, 4) is 5.75 Å². The van der Waals surface area contributed by atoms with Crippen molar-refractivity contribution in [3.63, 3.8) is 0 Å². The number of ether oxygens (including phenoxy) is 1. The van der Waals surface area contributed by atoms with E-state index < -0.39 is 5.97 Å². The highest BCUT2D eigenvalue weighted by Crippen LogP contribution is 2.39. The van der Waals surface area contributed by atoms with E-state index >= 15 is 0 Å². The third-order valence-corrected chi connectivity index (χ3v) is 4.03. The maximum atomic E-state index is 10.8. The van der Waals surface area contributed by atoms with E-state index in [2.05, 4.69) is 0 Å². The number of thioether (sulfide) groups is 1. The van der Waals surface area contributed by atoms with E-state index in [1.54, 1.807) is 12.1 Å². The normalized spacial score (nSPS) is 12.1. The molecule has 0 bridgehead atoms. The van der Waals surface area contributed by atoms with Gasteiger partial charge in [-0.2, -0.15) is 0 Å². The van der Waals surface area contributed by atoms with Gasteiger partial charge in [0.25, 0.3) is 0 Å². The fourth-order valence-corrected chi connectivity index (χ4v) is 2.82. The number of carboxylic acids is 1. The summed E-state index contributed by atoms with van der Waals surface area (Å²) in [5.74, 6) is 0.218. The average Bonchev–Trinajstić information content (AvgIpc) is 2.93. The molecule has 5 nitrogen and oxygen atoms in total. The van der Waals surface area contributed by atoms with Crippen LogP contribution in [0, 0.1) is 0 Å². The maximum absolute atomic E-state index is 10.8. The number of carboxylic acid groups (broad SMARTS) is 1. The molecule has 1 atom stereocenters. The van der Waals surface area contributed by atoms with Gasteiger partial charge in [-0.15, -0.1) is 11.8 Å². The number of hydrogen-bond acceptors (Lipinski definition) is 5. The molecule has 0 saturated heterocycles. The van der Waals surface area contributed by atoms with Crippen LogP contribution in [0.25, 0.3) is 0 Å². The van der Waals surface area contributed by atoms with E-state index in [0.717, 1.165) is 10.6 Å². The van der Waals surface area contributed by atoms with Crippen molar-refractivity contribution >= 4 is 23.4 Å². The van der Waals surface area contributed by atoms with Crippen LogP contribution >= 0.6 is 11.8 Å². The molecule has 1 aromatic carbocycles. The molecule has 21 heavy (non-hydrogen) atoms. The highest BCUT2D eigenvalue weighted by Gasteiger charge is 2.16. The van der Waals surface area contributed by atoms with E-state index in [0.29, 0.717) is 18.1 Å². The monoisotopic (exact) mass is 307 g/mol. The number of nitrogens with two attached hydrogens (primary N) is 1. The van der Waals surface area contributed by atoms with E-state index in [1.165, 1.54) is 17.8 Å². The van der Waals surface area contributed by atoms with Gasteiger partial charge in [0.15, 0.2) is 0 Å². The van der Waals surface area contributed by atoms with E-state index in [-0.39, 0.29) is 11.0 Å². The molecule has 1 unspecified atom stereocenters. The van der Waals surface area contributed by atoms with Gasteiger partial charge in [-0.25, -0.2) is 4.79 Å². The lowest BCUT2D eigenvalue weighted by Crippen LogP contribution is -1.95. The Morgan fingerprint density at radius 1 is 1.43 bits per heavy atom. The molecule has 0 saturated carbocycles. The third-order valence-electron chi connectivity index (χ3n) is 2.84. The topological polar surface area (TPSA) is 85.7 Å². The number of rotatable bonds is 6. The molecule has 6 heteroatoms. The first-order valence-electron chi connectivity index (χ1n) is 6.53. The van der Waals surface area contributed by atoms with Crippen molar-refractivity contribution in [3.05, 3.63) is 41.9 Å². The van der Waals surface area contributed by atoms with Crippen molar-refractivity contribution in [1.29, 1.82) is 0 Å². The van der Waals surface area contributed by atoms with Gasteiger partial charge in [-0.1, -0.05) is 0 Å². The first-order valence-corrected chi connectivity index (χ1v) is 7.41. The molecule has 0 spiro atoms. The maximum Gasteiger partial charge on any atom is 0.371 e. The van der Waals surface area contributed by atoms with Crippen LogP contribution in [0.2, 0.25) is 0 Å². The summed E-state index contributed by atoms with van der Waals surface area (Å²) in [6.45, 7) is 4.44. The number of benzene rings is 1. The molecule has 0 amide bonds. The van der Waals surface area contributed by atoms with Gasteiger partial charge in [0.2, 0.25) is 5.76 Å². The Kier molecular flexibility index (Phi) is 4.80. The third kappa shape index (κ3) is 3.72. The van der Waals surface area contributed by atoms with Gasteiger partial charge < -0.3 is 20.0 Å². The smallest absolute Gasteiger partial charge is 0.371 e. The molecule has 112 valence electrons. The number of carbonyl (C=O) groups is 1. The Bertz CT molecular complexity index is 638. The first-order chi connectivity index (χ1) is 10.0. The van der Waals surface area contributed by atoms with Crippen LogP contribution < -0.4 is 10.5 Å². The van der Waals surface area contributed by atoms with Gasteiger partial charge >= 0.3 is 5.97 Å².